The van der Waals surface area contributed by atoms with E-state index >= 15 is 0 Å². The fourth-order valence-corrected chi connectivity index (χ4v) is 3.30. The fraction of sp³-hybridized carbons (Fsp3) is 0.133. The van der Waals surface area contributed by atoms with E-state index in [1.54, 1.807) is 12.1 Å². The Morgan fingerprint density at radius 1 is 1.05 bits per heavy atom. The molecule has 0 unspecified atom stereocenters. The highest BCUT2D eigenvalue weighted by molar-refractivity contribution is 8.00. The quantitative estimate of drug-likeness (QED) is 0.633. The van der Waals surface area contributed by atoms with Crippen LogP contribution in [0.4, 0.5) is 19.0 Å². The highest BCUT2D eigenvalue weighted by Crippen LogP contribution is 2.36. The van der Waals surface area contributed by atoms with Crippen molar-refractivity contribution in [3.8, 4) is 0 Å². The van der Waals surface area contributed by atoms with Gasteiger partial charge in [-0.3, -0.25) is 0 Å². The predicted octanol–water partition coefficient (Wildman–Crippen LogP) is 5.52. The van der Waals surface area contributed by atoms with Crippen LogP contribution >= 0.6 is 23.3 Å². The molecule has 7 heteroatoms. The van der Waals surface area contributed by atoms with Gasteiger partial charge in [0.2, 0.25) is 0 Å². The van der Waals surface area contributed by atoms with E-state index < -0.39 is 5.51 Å². The Labute approximate surface area is 133 Å². The predicted molar refractivity (Wildman–Crippen MR) is 85.3 cm³/mol. The Morgan fingerprint density at radius 3 is 2.50 bits per heavy atom. The zero-order valence-electron chi connectivity index (χ0n) is 11.2. The van der Waals surface area contributed by atoms with E-state index in [0.717, 1.165) is 21.5 Å². The second kappa shape index (κ2) is 6.18. The van der Waals surface area contributed by atoms with Gasteiger partial charge in [-0.1, -0.05) is 24.3 Å². The molecule has 3 aromatic rings. The maximum atomic E-state index is 12.3. The van der Waals surface area contributed by atoms with Gasteiger partial charge in [-0.25, -0.2) is 0 Å². The smallest absolute Gasteiger partial charge is 0.365 e. The van der Waals surface area contributed by atoms with E-state index in [1.807, 2.05) is 24.3 Å². The average molecular weight is 340 g/mol. The molecular weight excluding hydrogens is 329 g/mol. The molecule has 0 atom stereocenters. The lowest BCUT2D eigenvalue weighted by atomic mass is 10.2. The Hall–Kier alpha value is -1.73. The topological polar surface area (TPSA) is 24.9 Å². The van der Waals surface area contributed by atoms with Crippen molar-refractivity contribution >= 4 is 39.2 Å². The third kappa shape index (κ3) is 3.72. The maximum Gasteiger partial charge on any atom is 0.446 e. The van der Waals surface area contributed by atoms with Gasteiger partial charge in [-0.15, -0.1) is 0 Å². The van der Waals surface area contributed by atoms with Crippen LogP contribution in [0.1, 0.15) is 5.56 Å². The lowest BCUT2D eigenvalue weighted by Gasteiger charge is -2.07. The minimum atomic E-state index is -4.25. The van der Waals surface area contributed by atoms with Gasteiger partial charge in [0, 0.05) is 16.8 Å². The van der Waals surface area contributed by atoms with Crippen LogP contribution < -0.4 is 5.32 Å². The van der Waals surface area contributed by atoms with E-state index in [1.165, 1.54) is 23.7 Å². The van der Waals surface area contributed by atoms with Crippen molar-refractivity contribution in [1.29, 1.82) is 0 Å². The van der Waals surface area contributed by atoms with Crippen molar-refractivity contribution < 1.29 is 13.2 Å². The van der Waals surface area contributed by atoms with E-state index in [9.17, 15) is 13.2 Å². The van der Waals surface area contributed by atoms with E-state index in [-0.39, 0.29) is 16.7 Å². The van der Waals surface area contributed by atoms with Gasteiger partial charge >= 0.3 is 5.51 Å². The molecule has 0 bridgehead atoms. The molecule has 0 saturated carbocycles. The summed E-state index contributed by atoms with van der Waals surface area (Å²) in [7, 11) is 0. The summed E-state index contributed by atoms with van der Waals surface area (Å²) >= 11 is 1.31. The standard InChI is InChI=1S/C15H11F3N2S2/c16-15(17,18)21-11-7-5-10(6-8-11)9-19-14-12-3-1-2-4-13(12)22-20-14/h1-8H,9H2,(H,19,20). The van der Waals surface area contributed by atoms with Crippen LogP contribution in [0.25, 0.3) is 10.1 Å². The number of thioether (sulfide) groups is 1. The van der Waals surface area contributed by atoms with Crippen LogP contribution in [0.5, 0.6) is 0 Å². The van der Waals surface area contributed by atoms with Gasteiger partial charge in [0.1, 0.15) is 5.82 Å². The van der Waals surface area contributed by atoms with Gasteiger partial charge in [0.05, 0.1) is 4.70 Å². The Kier molecular flexibility index (Phi) is 4.26. The number of alkyl halides is 3. The van der Waals surface area contributed by atoms with Gasteiger partial charge in [-0.05, 0) is 53.1 Å². The molecule has 0 saturated heterocycles. The first-order valence-electron chi connectivity index (χ1n) is 6.44. The van der Waals surface area contributed by atoms with Gasteiger partial charge in [0.15, 0.2) is 0 Å². The van der Waals surface area contributed by atoms with E-state index in [2.05, 4.69) is 9.69 Å². The SMILES string of the molecule is FC(F)(F)Sc1ccc(CNc2nsc3ccccc23)cc1. The Morgan fingerprint density at radius 2 is 1.77 bits per heavy atom. The molecule has 22 heavy (non-hydrogen) atoms. The van der Waals surface area contributed by atoms with Crippen molar-refractivity contribution in [2.45, 2.75) is 16.9 Å². The number of aromatic nitrogens is 1. The summed E-state index contributed by atoms with van der Waals surface area (Å²) in [5.74, 6) is 0.800. The minimum Gasteiger partial charge on any atom is -0.365 e. The average Bonchev–Trinajstić information content (AvgIpc) is 2.88. The lowest BCUT2D eigenvalue weighted by Crippen LogP contribution is -2.01. The molecule has 0 spiro atoms. The summed E-state index contributed by atoms with van der Waals surface area (Å²) < 4.78 is 42.3. The summed E-state index contributed by atoms with van der Waals surface area (Å²) in [4.78, 5) is 0.190. The van der Waals surface area contributed by atoms with E-state index in [0.29, 0.717) is 6.54 Å². The summed E-state index contributed by atoms with van der Waals surface area (Å²) in [5.41, 5.74) is -3.34. The zero-order chi connectivity index (χ0) is 15.6. The van der Waals surface area contributed by atoms with Crippen LogP contribution in [0.15, 0.2) is 53.4 Å². The number of hydrogen-bond donors (Lipinski definition) is 1. The van der Waals surface area contributed by atoms with Crippen LogP contribution in [0, 0.1) is 0 Å². The largest absolute Gasteiger partial charge is 0.446 e. The molecular formula is C15H11F3N2S2. The first kappa shape index (κ1) is 15.2. The number of nitrogens with one attached hydrogen (secondary N) is 1. The number of nitrogens with zero attached hydrogens (tertiary/aromatic N) is 1. The molecule has 0 aliphatic carbocycles. The molecule has 0 amide bonds. The number of hydrogen-bond acceptors (Lipinski definition) is 4. The molecule has 3 rings (SSSR count). The summed E-state index contributed by atoms with van der Waals surface area (Å²) in [6, 6.07) is 14.2. The monoisotopic (exact) mass is 340 g/mol. The minimum absolute atomic E-state index is 0.104. The third-order valence-electron chi connectivity index (χ3n) is 2.99. The van der Waals surface area contributed by atoms with Gasteiger partial charge in [0.25, 0.3) is 0 Å². The number of benzene rings is 2. The molecule has 0 aliphatic heterocycles. The van der Waals surface area contributed by atoms with Crippen molar-refractivity contribution in [3.63, 3.8) is 0 Å². The van der Waals surface area contributed by atoms with Crippen molar-refractivity contribution in [2.75, 3.05) is 5.32 Å². The van der Waals surface area contributed by atoms with Crippen molar-refractivity contribution in [1.82, 2.24) is 4.37 Å². The molecule has 0 radical (unpaired) electrons. The Bertz CT molecular complexity index is 766. The first-order valence-corrected chi connectivity index (χ1v) is 8.03. The van der Waals surface area contributed by atoms with Crippen LogP contribution in [0.2, 0.25) is 0 Å². The molecule has 114 valence electrons. The summed E-state index contributed by atoms with van der Waals surface area (Å²) in [5, 5.41) is 4.27. The van der Waals surface area contributed by atoms with Crippen LogP contribution in [0.3, 0.4) is 0 Å². The van der Waals surface area contributed by atoms with Crippen molar-refractivity contribution in [2.24, 2.45) is 0 Å². The molecule has 2 aromatic carbocycles. The highest BCUT2D eigenvalue weighted by atomic mass is 32.2. The molecule has 1 aromatic heterocycles. The highest BCUT2D eigenvalue weighted by Gasteiger charge is 2.28. The molecule has 2 nitrogen and oxygen atoms in total. The second-order valence-electron chi connectivity index (χ2n) is 4.57. The number of fused-ring (bicyclic) bond motifs is 1. The number of anilines is 1. The van der Waals surface area contributed by atoms with E-state index in [4.69, 9.17) is 0 Å². The zero-order valence-corrected chi connectivity index (χ0v) is 12.9. The Balaban J connectivity index is 1.66. The molecule has 1 N–H and O–H groups in total. The first-order chi connectivity index (χ1) is 10.5. The summed E-state index contributed by atoms with van der Waals surface area (Å²) in [6.45, 7) is 0.519. The fourth-order valence-electron chi connectivity index (χ4n) is 2.01. The van der Waals surface area contributed by atoms with Crippen LogP contribution in [-0.2, 0) is 6.54 Å². The maximum absolute atomic E-state index is 12.3. The molecule has 0 aliphatic rings. The van der Waals surface area contributed by atoms with Crippen molar-refractivity contribution in [3.05, 3.63) is 54.1 Å². The number of rotatable bonds is 4. The summed E-state index contributed by atoms with van der Waals surface area (Å²) in [6.07, 6.45) is 0. The molecule has 1 heterocycles. The lowest BCUT2D eigenvalue weighted by molar-refractivity contribution is -0.0328. The van der Waals surface area contributed by atoms with Gasteiger partial charge < -0.3 is 5.32 Å². The molecule has 0 fully saturated rings. The second-order valence-corrected chi connectivity index (χ2v) is 6.52. The van der Waals surface area contributed by atoms with Crippen LogP contribution in [-0.4, -0.2) is 9.88 Å². The number of halogens is 3. The van der Waals surface area contributed by atoms with Gasteiger partial charge in [-0.2, -0.15) is 17.5 Å². The normalized spacial score (nSPS) is 11.8. The third-order valence-corrected chi connectivity index (χ3v) is 4.56.